The summed E-state index contributed by atoms with van der Waals surface area (Å²) >= 11 is 0. The number of hydrazine groups is 1. The number of benzene rings is 2. The minimum absolute atomic E-state index is 0.0531. The molecule has 27 heavy (non-hydrogen) atoms. The topological polar surface area (TPSA) is 78.5 Å². The Morgan fingerprint density at radius 2 is 1.78 bits per heavy atom. The molecule has 0 saturated carbocycles. The first-order valence-corrected chi connectivity index (χ1v) is 8.73. The van der Waals surface area contributed by atoms with Gasteiger partial charge in [-0.3, -0.25) is 15.0 Å². The molecule has 7 heteroatoms. The summed E-state index contributed by atoms with van der Waals surface area (Å²) < 4.78 is 13.6. The number of amides is 4. The summed E-state index contributed by atoms with van der Waals surface area (Å²) in [7, 11) is 0. The Kier molecular flexibility index (Phi) is 5.21. The Morgan fingerprint density at radius 1 is 1.11 bits per heavy atom. The number of carbonyl (C=O) groups is 3. The molecule has 0 aliphatic carbocycles. The Bertz CT molecular complexity index is 872. The first-order chi connectivity index (χ1) is 13.0. The van der Waals surface area contributed by atoms with Crippen molar-refractivity contribution in [3.8, 4) is 0 Å². The minimum atomic E-state index is -1.21. The average Bonchev–Trinajstić information content (AvgIpc) is 2.93. The van der Waals surface area contributed by atoms with Crippen LogP contribution < -0.4 is 10.7 Å². The standard InChI is InChI=1S/C20H20FN3O3/c1-2-20(15-9-4-3-5-10-15)18(26)24(19(27)22-20)23-17(25)13-12-14-8-6-7-11-16(14)21/h3-11H,2,12-13H2,1H3,(H,22,27)(H,23,25)/t20-/m1/s1. The van der Waals surface area contributed by atoms with Crippen LogP contribution in [0.15, 0.2) is 54.6 Å². The van der Waals surface area contributed by atoms with E-state index in [2.05, 4.69) is 10.7 Å². The van der Waals surface area contributed by atoms with Gasteiger partial charge in [0.05, 0.1) is 0 Å². The maximum atomic E-state index is 13.6. The Hall–Kier alpha value is -3.22. The van der Waals surface area contributed by atoms with Crippen molar-refractivity contribution in [3.05, 3.63) is 71.5 Å². The molecule has 0 radical (unpaired) electrons. The predicted molar refractivity (Wildman–Crippen MR) is 96.7 cm³/mol. The monoisotopic (exact) mass is 369 g/mol. The zero-order chi connectivity index (χ0) is 19.4. The van der Waals surface area contributed by atoms with E-state index in [1.54, 1.807) is 49.4 Å². The average molecular weight is 369 g/mol. The maximum Gasteiger partial charge on any atom is 0.344 e. The molecule has 0 aromatic heterocycles. The van der Waals surface area contributed by atoms with Crippen molar-refractivity contribution >= 4 is 17.8 Å². The summed E-state index contributed by atoms with van der Waals surface area (Å²) in [6.45, 7) is 1.79. The van der Waals surface area contributed by atoms with E-state index in [9.17, 15) is 18.8 Å². The molecule has 1 heterocycles. The summed E-state index contributed by atoms with van der Waals surface area (Å²) in [6, 6.07) is 14.4. The molecule has 3 rings (SSSR count). The second kappa shape index (κ2) is 7.57. The van der Waals surface area contributed by atoms with Crippen molar-refractivity contribution in [1.29, 1.82) is 0 Å². The second-order valence-electron chi connectivity index (χ2n) is 6.32. The molecule has 1 aliphatic heterocycles. The van der Waals surface area contributed by atoms with Gasteiger partial charge in [-0.2, -0.15) is 5.01 Å². The van der Waals surface area contributed by atoms with Gasteiger partial charge in [0, 0.05) is 6.42 Å². The van der Waals surface area contributed by atoms with E-state index < -0.39 is 29.2 Å². The van der Waals surface area contributed by atoms with Gasteiger partial charge in [-0.05, 0) is 30.0 Å². The van der Waals surface area contributed by atoms with E-state index >= 15 is 0 Å². The fourth-order valence-corrected chi connectivity index (χ4v) is 3.17. The Balaban J connectivity index is 1.70. The van der Waals surface area contributed by atoms with Crippen molar-refractivity contribution < 1.29 is 18.8 Å². The van der Waals surface area contributed by atoms with Crippen LogP contribution in [0.1, 0.15) is 30.9 Å². The van der Waals surface area contributed by atoms with Gasteiger partial charge < -0.3 is 5.32 Å². The lowest BCUT2D eigenvalue weighted by Crippen LogP contribution is -2.48. The quantitative estimate of drug-likeness (QED) is 0.769. The molecule has 1 aliphatic rings. The van der Waals surface area contributed by atoms with Crippen LogP contribution in [-0.4, -0.2) is 22.9 Å². The van der Waals surface area contributed by atoms with Crippen molar-refractivity contribution in [3.63, 3.8) is 0 Å². The lowest BCUT2D eigenvalue weighted by atomic mass is 9.87. The van der Waals surface area contributed by atoms with E-state index in [0.29, 0.717) is 22.6 Å². The third kappa shape index (κ3) is 3.53. The number of hydrogen-bond acceptors (Lipinski definition) is 3. The normalized spacial score (nSPS) is 19.1. The third-order valence-corrected chi connectivity index (χ3v) is 4.70. The van der Waals surface area contributed by atoms with Crippen LogP contribution in [0.2, 0.25) is 0 Å². The Labute approximate surface area is 156 Å². The maximum absolute atomic E-state index is 13.6. The summed E-state index contributed by atoms with van der Waals surface area (Å²) in [5.74, 6) is -1.48. The highest BCUT2D eigenvalue weighted by Gasteiger charge is 2.52. The third-order valence-electron chi connectivity index (χ3n) is 4.70. The van der Waals surface area contributed by atoms with Crippen molar-refractivity contribution in [2.75, 3.05) is 0 Å². The number of nitrogens with zero attached hydrogens (tertiary/aromatic N) is 1. The molecule has 1 saturated heterocycles. The molecular weight excluding hydrogens is 349 g/mol. The summed E-state index contributed by atoms with van der Waals surface area (Å²) in [6.07, 6.45) is 0.450. The fraction of sp³-hybridized carbons (Fsp3) is 0.250. The van der Waals surface area contributed by atoms with Gasteiger partial charge in [0.2, 0.25) is 5.91 Å². The second-order valence-corrected chi connectivity index (χ2v) is 6.32. The number of imide groups is 1. The molecule has 0 unspecified atom stereocenters. The van der Waals surface area contributed by atoms with E-state index in [-0.39, 0.29) is 12.8 Å². The van der Waals surface area contributed by atoms with Gasteiger partial charge in [-0.1, -0.05) is 55.5 Å². The van der Waals surface area contributed by atoms with Crippen LogP contribution in [-0.2, 0) is 21.5 Å². The van der Waals surface area contributed by atoms with Crippen LogP contribution in [0.25, 0.3) is 0 Å². The summed E-state index contributed by atoms with van der Waals surface area (Å²) in [4.78, 5) is 37.4. The number of aryl methyl sites for hydroxylation is 1. The van der Waals surface area contributed by atoms with Gasteiger partial charge in [0.1, 0.15) is 11.4 Å². The smallest absolute Gasteiger partial charge is 0.318 e. The number of nitrogens with one attached hydrogen (secondary N) is 2. The lowest BCUT2D eigenvalue weighted by molar-refractivity contribution is -0.139. The van der Waals surface area contributed by atoms with Gasteiger partial charge >= 0.3 is 6.03 Å². The van der Waals surface area contributed by atoms with Crippen LogP contribution in [0.3, 0.4) is 0 Å². The zero-order valence-corrected chi connectivity index (χ0v) is 14.9. The highest BCUT2D eigenvalue weighted by molar-refractivity contribution is 6.08. The number of carbonyl (C=O) groups excluding carboxylic acids is 3. The highest BCUT2D eigenvalue weighted by atomic mass is 19.1. The van der Waals surface area contributed by atoms with Crippen LogP contribution in [0.4, 0.5) is 9.18 Å². The largest absolute Gasteiger partial charge is 0.344 e. The number of urea groups is 1. The van der Waals surface area contributed by atoms with Crippen molar-refractivity contribution in [2.24, 2.45) is 0 Å². The zero-order valence-electron chi connectivity index (χ0n) is 14.9. The number of hydrogen-bond donors (Lipinski definition) is 2. The lowest BCUT2D eigenvalue weighted by Gasteiger charge is -2.25. The molecule has 1 fully saturated rings. The molecule has 1 atom stereocenters. The van der Waals surface area contributed by atoms with E-state index in [1.807, 2.05) is 6.07 Å². The van der Waals surface area contributed by atoms with E-state index in [0.717, 1.165) is 0 Å². The molecule has 2 N–H and O–H groups in total. The summed E-state index contributed by atoms with van der Waals surface area (Å²) in [5, 5.41) is 3.39. The predicted octanol–water partition coefficient (Wildman–Crippen LogP) is 2.65. The van der Waals surface area contributed by atoms with Crippen molar-refractivity contribution in [1.82, 2.24) is 15.8 Å². The SMILES string of the molecule is CC[C@]1(c2ccccc2)NC(=O)N(NC(=O)CCc2ccccc2F)C1=O. The molecule has 2 aromatic carbocycles. The first kappa shape index (κ1) is 18.6. The minimum Gasteiger partial charge on any atom is -0.318 e. The van der Waals surface area contributed by atoms with Gasteiger partial charge in [0.25, 0.3) is 5.91 Å². The van der Waals surface area contributed by atoms with Crippen molar-refractivity contribution in [2.45, 2.75) is 31.7 Å². The number of rotatable bonds is 6. The molecule has 6 nitrogen and oxygen atoms in total. The van der Waals surface area contributed by atoms with Crippen LogP contribution >= 0.6 is 0 Å². The molecule has 4 amide bonds. The highest BCUT2D eigenvalue weighted by Crippen LogP contribution is 2.31. The first-order valence-electron chi connectivity index (χ1n) is 8.73. The van der Waals surface area contributed by atoms with Crippen LogP contribution in [0.5, 0.6) is 0 Å². The molecule has 0 bridgehead atoms. The number of halogens is 1. The fourth-order valence-electron chi connectivity index (χ4n) is 3.17. The van der Waals surface area contributed by atoms with E-state index in [4.69, 9.17) is 0 Å². The molecule has 140 valence electrons. The van der Waals surface area contributed by atoms with Gasteiger partial charge in [-0.15, -0.1) is 0 Å². The summed E-state index contributed by atoms with van der Waals surface area (Å²) in [5.41, 5.74) is 2.17. The Morgan fingerprint density at radius 3 is 2.44 bits per heavy atom. The van der Waals surface area contributed by atoms with Crippen LogP contribution in [0, 0.1) is 5.82 Å². The van der Waals surface area contributed by atoms with Gasteiger partial charge in [-0.25, -0.2) is 9.18 Å². The molecule has 0 spiro atoms. The van der Waals surface area contributed by atoms with E-state index in [1.165, 1.54) is 6.07 Å². The van der Waals surface area contributed by atoms with Gasteiger partial charge in [0.15, 0.2) is 0 Å². The molecular formula is C20H20FN3O3. The molecule has 2 aromatic rings.